The number of aryl methyl sites for hydroxylation is 3. The van der Waals surface area contributed by atoms with Crippen molar-refractivity contribution in [3.8, 4) is 11.4 Å². The van der Waals surface area contributed by atoms with Gasteiger partial charge in [0.15, 0.2) is 5.65 Å². The van der Waals surface area contributed by atoms with Gasteiger partial charge in [0.1, 0.15) is 0 Å². The van der Waals surface area contributed by atoms with Crippen molar-refractivity contribution in [3.05, 3.63) is 48.4 Å². The molecule has 0 saturated heterocycles. The van der Waals surface area contributed by atoms with Gasteiger partial charge in [-0.1, -0.05) is 5.16 Å². The molecule has 0 radical (unpaired) electrons. The molecule has 0 unspecified atom stereocenters. The first-order valence-electron chi connectivity index (χ1n) is 8.42. The van der Waals surface area contributed by atoms with Gasteiger partial charge in [-0.25, -0.2) is 4.98 Å². The molecule has 4 heterocycles. The van der Waals surface area contributed by atoms with Gasteiger partial charge in [-0.3, -0.25) is 14.5 Å². The summed E-state index contributed by atoms with van der Waals surface area (Å²) in [6.45, 7) is 1.91. The van der Waals surface area contributed by atoms with E-state index in [2.05, 4.69) is 30.5 Å². The third kappa shape index (κ3) is 3.52. The van der Waals surface area contributed by atoms with Crippen LogP contribution in [0.2, 0.25) is 0 Å². The highest BCUT2D eigenvalue weighted by Crippen LogP contribution is 2.19. The zero-order chi connectivity index (χ0) is 18.8. The van der Waals surface area contributed by atoms with Gasteiger partial charge in [-0.05, 0) is 25.1 Å². The first-order chi connectivity index (χ1) is 13.1. The summed E-state index contributed by atoms with van der Waals surface area (Å²) in [4.78, 5) is 24.8. The number of carbonyl (C=O) groups excluding carboxylic acids is 1. The van der Waals surface area contributed by atoms with E-state index in [1.807, 2.05) is 20.0 Å². The van der Waals surface area contributed by atoms with E-state index in [9.17, 15) is 4.79 Å². The molecule has 0 bridgehead atoms. The number of anilines is 1. The van der Waals surface area contributed by atoms with Crippen molar-refractivity contribution in [3.63, 3.8) is 0 Å². The molecule has 0 fully saturated rings. The summed E-state index contributed by atoms with van der Waals surface area (Å²) >= 11 is 0. The molecule has 0 spiro atoms. The molecule has 0 aromatic carbocycles. The number of aromatic nitrogens is 6. The fourth-order valence-corrected chi connectivity index (χ4v) is 2.79. The van der Waals surface area contributed by atoms with Gasteiger partial charge in [-0.2, -0.15) is 10.1 Å². The lowest BCUT2D eigenvalue weighted by Crippen LogP contribution is -2.12. The third-order valence-electron chi connectivity index (χ3n) is 4.12. The summed E-state index contributed by atoms with van der Waals surface area (Å²) in [5.74, 6) is 0.740. The summed E-state index contributed by atoms with van der Waals surface area (Å²) in [7, 11) is 1.84. The number of hydrogen-bond acceptors (Lipinski definition) is 7. The van der Waals surface area contributed by atoms with Crippen molar-refractivity contribution in [1.82, 2.24) is 29.9 Å². The third-order valence-corrected chi connectivity index (χ3v) is 4.12. The highest BCUT2D eigenvalue weighted by atomic mass is 16.5. The van der Waals surface area contributed by atoms with Crippen LogP contribution in [0.15, 0.2) is 41.3 Å². The zero-order valence-electron chi connectivity index (χ0n) is 14.9. The number of rotatable bonds is 5. The van der Waals surface area contributed by atoms with Crippen LogP contribution in [0.4, 0.5) is 5.69 Å². The Morgan fingerprint density at radius 3 is 2.93 bits per heavy atom. The van der Waals surface area contributed by atoms with Gasteiger partial charge < -0.3 is 9.84 Å². The minimum absolute atomic E-state index is 0.152. The Hall–Kier alpha value is -3.62. The molecule has 4 aromatic heterocycles. The minimum Gasteiger partial charge on any atom is -0.339 e. The summed E-state index contributed by atoms with van der Waals surface area (Å²) < 4.78 is 6.93. The average Bonchev–Trinajstić information content (AvgIpc) is 3.26. The monoisotopic (exact) mass is 363 g/mol. The molecule has 0 saturated carbocycles. The zero-order valence-corrected chi connectivity index (χ0v) is 14.9. The van der Waals surface area contributed by atoms with E-state index in [-0.39, 0.29) is 12.3 Å². The molecule has 4 aromatic rings. The lowest BCUT2D eigenvalue weighted by atomic mass is 10.2. The molecule has 1 N–H and O–H groups in total. The highest BCUT2D eigenvalue weighted by Gasteiger charge is 2.12. The maximum atomic E-state index is 12.2. The Morgan fingerprint density at radius 2 is 2.11 bits per heavy atom. The summed E-state index contributed by atoms with van der Waals surface area (Å²) in [5, 5.41) is 12.0. The summed E-state index contributed by atoms with van der Waals surface area (Å²) in [6.07, 6.45) is 5.52. The topological polar surface area (TPSA) is 112 Å². The number of nitrogens with one attached hydrogen (secondary N) is 1. The van der Waals surface area contributed by atoms with Crippen LogP contribution >= 0.6 is 0 Å². The van der Waals surface area contributed by atoms with Crippen molar-refractivity contribution >= 4 is 22.6 Å². The second-order valence-corrected chi connectivity index (χ2v) is 6.10. The normalized spacial score (nSPS) is 11.0. The van der Waals surface area contributed by atoms with E-state index in [1.54, 1.807) is 35.4 Å². The number of nitrogens with zero attached hydrogens (tertiary/aromatic N) is 6. The molecule has 0 aliphatic heterocycles. The van der Waals surface area contributed by atoms with Crippen LogP contribution in [-0.4, -0.2) is 35.8 Å². The molecule has 27 heavy (non-hydrogen) atoms. The molecular weight excluding hydrogens is 346 g/mol. The van der Waals surface area contributed by atoms with E-state index >= 15 is 0 Å². The first-order valence-corrected chi connectivity index (χ1v) is 8.42. The van der Waals surface area contributed by atoms with Gasteiger partial charge in [0.05, 0.1) is 17.6 Å². The Kier molecular flexibility index (Phi) is 4.33. The van der Waals surface area contributed by atoms with Gasteiger partial charge in [0.2, 0.25) is 17.6 Å². The smallest absolute Gasteiger partial charge is 0.227 e. The van der Waals surface area contributed by atoms with Crippen molar-refractivity contribution in [2.75, 3.05) is 5.32 Å². The van der Waals surface area contributed by atoms with Crippen LogP contribution in [0.3, 0.4) is 0 Å². The maximum absolute atomic E-state index is 12.2. The maximum Gasteiger partial charge on any atom is 0.227 e. The van der Waals surface area contributed by atoms with E-state index in [1.165, 1.54) is 0 Å². The molecule has 9 heteroatoms. The van der Waals surface area contributed by atoms with E-state index in [0.29, 0.717) is 23.8 Å². The molecule has 4 rings (SSSR count). The van der Waals surface area contributed by atoms with Gasteiger partial charge >= 0.3 is 0 Å². The van der Waals surface area contributed by atoms with Gasteiger partial charge in [0, 0.05) is 43.2 Å². The Bertz CT molecular complexity index is 1100. The lowest BCUT2D eigenvalue weighted by Gasteiger charge is -2.04. The summed E-state index contributed by atoms with van der Waals surface area (Å²) in [6, 6.07) is 5.46. The van der Waals surface area contributed by atoms with E-state index in [4.69, 9.17) is 4.52 Å². The predicted octanol–water partition coefficient (Wildman–Crippen LogP) is 2.29. The molecule has 9 nitrogen and oxygen atoms in total. The summed E-state index contributed by atoms with van der Waals surface area (Å²) in [5.41, 5.74) is 3.09. The Labute approximate surface area is 154 Å². The molecule has 1 amide bonds. The number of hydrogen-bond donors (Lipinski definition) is 1. The van der Waals surface area contributed by atoms with Crippen LogP contribution in [-0.2, 0) is 18.3 Å². The quantitative estimate of drug-likeness (QED) is 0.579. The second kappa shape index (κ2) is 6.94. The van der Waals surface area contributed by atoms with E-state index < -0.39 is 0 Å². The van der Waals surface area contributed by atoms with Crippen LogP contribution in [0.5, 0.6) is 0 Å². The van der Waals surface area contributed by atoms with Crippen molar-refractivity contribution in [2.24, 2.45) is 7.05 Å². The van der Waals surface area contributed by atoms with Crippen LogP contribution in [0.1, 0.15) is 18.0 Å². The van der Waals surface area contributed by atoms with Crippen molar-refractivity contribution in [2.45, 2.75) is 19.8 Å². The van der Waals surface area contributed by atoms with Crippen LogP contribution in [0, 0.1) is 6.92 Å². The molecule has 0 aliphatic rings. The van der Waals surface area contributed by atoms with Crippen molar-refractivity contribution < 1.29 is 9.32 Å². The number of carbonyl (C=O) groups is 1. The first kappa shape index (κ1) is 16.8. The molecule has 0 aliphatic carbocycles. The SMILES string of the molecule is Cc1nn(C)c2ncc(NC(=O)CCc3nc(-c4ccncc4)no3)cc12. The second-order valence-electron chi connectivity index (χ2n) is 6.10. The molecule has 136 valence electrons. The highest BCUT2D eigenvalue weighted by molar-refractivity contribution is 5.93. The van der Waals surface area contributed by atoms with Gasteiger partial charge in [-0.15, -0.1) is 0 Å². The predicted molar refractivity (Wildman–Crippen MR) is 97.7 cm³/mol. The largest absolute Gasteiger partial charge is 0.339 e. The molecule has 0 atom stereocenters. The number of amides is 1. The van der Waals surface area contributed by atoms with Crippen molar-refractivity contribution in [1.29, 1.82) is 0 Å². The Balaban J connectivity index is 1.39. The van der Waals surface area contributed by atoms with E-state index in [0.717, 1.165) is 22.3 Å². The fraction of sp³-hybridized carbons (Fsp3) is 0.222. The van der Waals surface area contributed by atoms with Crippen LogP contribution in [0.25, 0.3) is 22.4 Å². The molecular formula is C18H17N7O2. The average molecular weight is 363 g/mol. The lowest BCUT2D eigenvalue weighted by molar-refractivity contribution is -0.116. The fourth-order valence-electron chi connectivity index (χ4n) is 2.79. The van der Waals surface area contributed by atoms with Crippen LogP contribution < -0.4 is 5.32 Å². The number of fused-ring (bicyclic) bond motifs is 1. The Morgan fingerprint density at radius 1 is 1.30 bits per heavy atom. The number of pyridine rings is 2. The van der Waals surface area contributed by atoms with Gasteiger partial charge in [0.25, 0.3) is 0 Å². The standard InChI is InChI=1S/C18H17N7O2/c1-11-14-9-13(10-20-18(14)25(2)23-11)21-15(26)3-4-16-22-17(24-27-16)12-5-7-19-8-6-12/h5-10H,3-4H2,1-2H3,(H,21,26). The minimum atomic E-state index is -0.152.